The molecule has 0 saturated carbocycles. The Morgan fingerprint density at radius 3 is 2.90 bits per heavy atom. The highest BCUT2D eigenvalue weighted by atomic mass is 19.1. The lowest BCUT2D eigenvalue weighted by atomic mass is 10.2. The average Bonchev–Trinajstić information content (AvgIpc) is 2.43. The van der Waals surface area contributed by atoms with Gasteiger partial charge in [-0.05, 0) is 42.7 Å². The molecular formula is C15H16FN3O. The summed E-state index contributed by atoms with van der Waals surface area (Å²) >= 11 is 0. The van der Waals surface area contributed by atoms with Crippen LogP contribution in [0.1, 0.15) is 11.1 Å². The summed E-state index contributed by atoms with van der Waals surface area (Å²) in [4.78, 5) is 15.6. The first kappa shape index (κ1) is 14.0. The molecule has 0 bridgehead atoms. The van der Waals surface area contributed by atoms with Crippen molar-refractivity contribution in [3.8, 4) is 0 Å². The predicted octanol–water partition coefficient (Wildman–Crippen LogP) is 2.89. The number of aromatic nitrogens is 1. The van der Waals surface area contributed by atoms with Crippen LogP contribution in [0.15, 0.2) is 42.7 Å². The largest absolute Gasteiger partial charge is 0.338 e. The fourth-order valence-electron chi connectivity index (χ4n) is 1.75. The zero-order chi connectivity index (χ0) is 14.4. The maximum absolute atomic E-state index is 13.5. The van der Waals surface area contributed by atoms with Gasteiger partial charge in [0.15, 0.2) is 0 Å². The molecule has 0 aliphatic carbocycles. The minimum atomic E-state index is -0.438. The van der Waals surface area contributed by atoms with Crippen molar-refractivity contribution in [3.05, 3.63) is 59.7 Å². The molecule has 0 aliphatic heterocycles. The summed E-state index contributed by atoms with van der Waals surface area (Å²) in [7, 11) is 0. The number of rotatable bonds is 4. The molecule has 2 amide bonds. The van der Waals surface area contributed by atoms with Gasteiger partial charge in [-0.3, -0.25) is 4.98 Å². The van der Waals surface area contributed by atoms with E-state index in [2.05, 4.69) is 15.6 Å². The number of benzene rings is 1. The van der Waals surface area contributed by atoms with Crippen molar-refractivity contribution in [3.63, 3.8) is 0 Å². The quantitative estimate of drug-likeness (QED) is 0.900. The molecule has 2 rings (SSSR count). The fraction of sp³-hybridized carbons (Fsp3) is 0.200. The van der Waals surface area contributed by atoms with Crippen molar-refractivity contribution in [1.29, 1.82) is 0 Å². The minimum absolute atomic E-state index is 0.175. The van der Waals surface area contributed by atoms with Gasteiger partial charge in [-0.1, -0.05) is 12.1 Å². The summed E-state index contributed by atoms with van der Waals surface area (Å²) < 4.78 is 13.5. The van der Waals surface area contributed by atoms with E-state index in [0.717, 1.165) is 11.1 Å². The molecule has 5 heteroatoms. The Bertz CT molecular complexity index is 587. The van der Waals surface area contributed by atoms with Crippen molar-refractivity contribution >= 4 is 11.7 Å². The molecule has 2 N–H and O–H groups in total. The first-order chi connectivity index (χ1) is 9.65. The van der Waals surface area contributed by atoms with Gasteiger partial charge in [0.25, 0.3) is 0 Å². The maximum Gasteiger partial charge on any atom is 0.319 e. The van der Waals surface area contributed by atoms with Gasteiger partial charge in [0.1, 0.15) is 5.82 Å². The third-order valence-electron chi connectivity index (χ3n) is 2.79. The third-order valence-corrected chi connectivity index (χ3v) is 2.79. The van der Waals surface area contributed by atoms with Gasteiger partial charge in [-0.15, -0.1) is 0 Å². The topological polar surface area (TPSA) is 54.0 Å². The number of nitrogens with one attached hydrogen (secondary N) is 2. The lowest BCUT2D eigenvalue weighted by Gasteiger charge is -2.08. The third kappa shape index (κ3) is 4.05. The monoisotopic (exact) mass is 273 g/mol. The van der Waals surface area contributed by atoms with Crippen LogP contribution in [0, 0.1) is 12.7 Å². The Balaban J connectivity index is 1.81. The van der Waals surface area contributed by atoms with Crippen LogP contribution in [0.4, 0.5) is 14.9 Å². The highest BCUT2D eigenvalue weighted by Gasteiger charge is 2.06. The van der Waals surface area contributed by atoms with Gasteiger partial charge in [0, 0.05) is 18.9 Å². The van der Waals surface area contributed by atoms with E-state index < -0.39 is 11.8 Å². The van der Waals surface area contributed by atoms with Gasteiger partial charge < -0.3 is 10.6 Å². The number of carbonyl (C=O) groups excluding carboxylic acids is 1. The summed E-state index contributed by atoms with van der Waals surface area (Å²) in [5.74, 6) is -0.438. The summed E-state index contributed by atoms with van der Waals surface area (Å²) in [6.45, 7) is 2.26. The summed E-state index contributed by atoms with van der Waals surface area (Å²) in [5.41, 5.74) is 2.02. The number of nitrogens with zero attached hydrogens (tertiary/aromatic N) is 1. The van der Waals surface area contributed by atoms with Crippen LogP contribution in [0.2, 0.25) is 0 Å². The van der Waals surface area contributed by atoms with Crippen molar-refractivity contribution in [2.45, 2.75) is 13.3 Å². The van der Waals surface area contributed by atoms with Gasteiger partial charge in [-0.25, -0.2) is 9.18 Å². The first-order valence-corrected chi connectivity index (χ1v) is 6.35. The Kier molecular flexibility index (Phi) is 4.65. The Morgan fingerprint density at radius 1 is 1.35 bits per heavy atom. The lowest BCUT2D eigenvalue weighted by molar-refractivity contribution is 0.252. The summed E-state index contributed by atoms with van der Waals surface area (Å²) in [5, 5.41) is 5.16. The van der Waals surface area contributed by atoms with E-state index in [4.69, 9.17) is 0 Å². The van der Waals surface area contributed by atoms with Crippen LogP contribution in [0.25, 0.3) is 0 Å². The number of anilines is 1. The normalized spacial score (nSPS) is 10.1. The Labute approximate surface area is 117 Å². The molecule has 0 unspecified atom stereocenters. The van der Waals surface area contributed by atoms with Gasteiger partial charge in [-0.2, -0.15) is 0 Å². The molecule has 20 heavy (non-hydrogen) atoms. The molecule has 0 radical (unpaired) electrons. The number of halogens is 1. The number of pyridine rings is 1. The average molecular weight is 273 g/mol. The molecule has 4 nitrogen and oxygen atoms in total. The second-order valence-electron chi connectivity index (χ2n) is 4.48. The molecule has 1 aromatic carbocycles. The molecule has 1 aromatic heterocycles. The molecule has 2 aromatic rings. The molecule has 104 valence electrons. The van der Waals surface area contributed by atoms with E-state index >= 15 is 0 Å². The number of hydrogen-bond acceptors (Lipinski definition) is 2. The SMILES string of the molecule is Cc1ccc(NC(=O)NCCc2cccnc2)c(F)c1. The van der Waals surface area contributed by atoms with Crippen molar-refractivity contribution in [2.75, 3.05) is 11.9 Å². The van der Waals surface area contributed by atoms with Crippen LogP contribution in [0.3, 0.4) is 0 Å². The van der Waals surface area contributed by atoms with E-state index in [1.807, 2.05) is 12.1 Å². The molecule has 0 fully saturated rings. The number of urea groups is 1. The van der Waals surface area contributed by atoms with E-state index in [0.29, 0.717) is 13.0 Å². The molecule has 0 atom stereocenters. The lowest BCUT2D eigenvalue weighted by Crippen LogP contribution is -2.30. The van der Waals surface area contributed by atoms with Gasteiger partial charge >= 0.3 is 6.03 Å². The number of amides is 2. The van der Waals surface area contributed by atoms with Crippen LogP contribution >= 0.6 is 0 Å². The number of hydrogen-bond donors (Lipinski definition) is 2. The zero-order valence-electron chi connectivity index (χ0n) is 11.2. The highest BCUT2D eigenvalue weighted by molar-refractivity contribution is 5.89. The predicted molar refractivity (Wildman–Crippen MR) is 76.1 cm³/mol. The van der Waals surface area contributed by atoms with Crippen LogP contribution in [0.5, 0.6) is 0 Å². The van der Waals surface area contributed by atoms with Crippen LogP contribution < -0.4 is 10.6 Å². The van der Waals surface area contributed by atoms with E-state index in [1.54, 1.807) is 31.5 Å². The molecule has 0 aliphatic rings. The fourth-order valence-corrected chi connectivity index (χ4v) is 1.75. The maximum atomic E-state index is 13.5. The minimum Gasteiger partial charge on any atom is -0.338 e. The second kappa shape index (κ2) is 6.65. The van der Waals surface area contributed by atoms with Crippen LogP contribution in [-0.2, 0) is 6.42 Å². The van der Waals surface area contributed by atoms with Crippen molar-refractivity contribution in [2.24, 2.45) is 0 Å². The van der Waals surface area contributed by atoms with E-state index in [-0.39, 0.29) is 5.69 Å². The first-order valence-electron chi connectivity index (χ1n) is 6.35. The van der Waals surface area contributed by atoms with Gasteiger partial charge in [0.2, 0.25) is 0 Å². The molecule has 0 spiro atoms. The van der Waals surface area contributed by atoms with E-state index in [9.17, 15) is 9.18 Å². The Hall–Kier alpha value is -2.43. The van der Waals surface area contributed by atoms with Crippen molar-refractivity contribution < 1.29 is 9.18 Å². The highest BCUT2D eigenvalue weighted by Crippen LogP contribution is 2.14. The summed E-state index contributed by atoms with van der Waals surface area (Å²) in [6.07, 6.45) is 4.13. The molecule has 1 heterocycles. The molecule has 0 saturated heterocycles. The van der Waals surface area contributed by atoms with E-state index in [1.165, 1.54) is 6.07 Å². The standard InChI is InChI=1S/C15H16FN3O/c1-11-4-5-14(13(16)9-11)19-15(20)18-8-6-12-3-2-7-17-10-12/h2-5,7,9-10H,6,8H2,1H3,(H2,18,19,20). The number of aryl methyl sites for hydroxylation is 1. The second-order valence-corrected chi connectivity index (χ2v) is 4.48. The summed E-state index contributed by atoms with van der Waals surface area (Å²) in [6, 6.07) is 8.03. The van der Waals surface area contributed by atoms with Crippen molar-refractivity contribution in [1.82, 2.24) is 10.3 Å². The zero-order valence-corrected chi connectivity index (χ0v) is 11.2. The van der Waals surface area contributed by atoms with Gasteiger partial charge in [0.05, 0.1) is 5.69 Å². The molecular weight excluding hydrogens is 257 g/mol. The smallest absolute Gasteiger partial charge is 0.319 e. The number of carbonyl (C=O) groups is 1. The Morgan fingerprint density at radius 2 is 2.20 bits per heavy atom. The van der Waals surface area contributed by atoms with Crippen LogP contribution in [-0.4, -0.2) is 17.6 Å².